The lowest BCUT2D eigenvalue weighted by atomic mass is 9.94. The molecule has 8 nitrogen and oxygen atoms in total. The van der Waals surface area contributed by atoms with Crippen molar-refractivity contribution in [2.24, 2.45) is 0 Å². The molecule has 164 valence electrons. The van der Waals surface area contributed by atoms with E-state index < -0.39 is 6.04 Å². The Morgan fingerprint density at radius 2 is 1.58 bits per heavy atom. The van der Waals surface area contributed by atoms with Crippen LogP contribution in [0.1, 0.15) is 18.5 Å². The van der Waals surface area contributed by atoms with Gasteiger partial charge in [-0.2, -0.15) is 0 Å². The van der Waals surface area contributed by atoms with Crippen LogP contribution in [0.3, 0.4) is 0 Å². The number of amides is 1. The molecule has 3 rings (SSSR count). The van der Waals surface area contributed by atoms with Crippen LogP contribution in [-0.4, -0.2) is 39.5 Å². The van der Waals surface area contributed by atoms with Crippen LogP contribution in [0.5, 0.6) is 23.0 Å². The highest BCUT2D eigenvalue weighted by Crippen LogP contribution is 2.41. The zero-order valence-electron chi connectivity index (χ0n) is 18.0. The molecular formula is C22H25N3O5S. The van der Waals surface area contributed by atoms with E-state index in [1.54, 1.807) is 38.3 Å². The molecule has 1 aliphatic rings. The second kappa shape index (κ2) is 9.57. The molecule has 0 aliphatic carbocycles. The molecule has 0 saturated heterocycles. The van der Waals surface area contributed by atoms with Gasteiger partial charge in [-0.05, 0) is 49.0 Å². The van der Waals surface area contributed by atoms with Crippen LogP contribution in [0.25, 0.3) is 0 Å². The fourth-order valence-electron chi connectivity index (χ4n) is 3.45. The van der Waals surface area contributed by atoms with Crippen molar-refractivity contribution in [1.82, 2.24) is 10.6 Å². The first kappa shape index (κ1) is 22.2. The van der Waals surface area contributed by atoms with E-state index in [0.717, 1.165) is 5.56 Å². The summed E-state index contributed by atoms with van der Waals surface area (Å²) in [6, 6.07) is 10.2. The fraction of sp³-hybridized carbons (Fsp3) is 0.273. The minimum atomic E-state index is -0.544. The molecule has 1 heterocycles. The Balaban J connectivity index is 2.05. The van der Waals surface area contributed by atoms with E-state index in [1.807, 2.05) is 12.1 Å². The van der Waals surface area contributed by atoms with Crippen LogP contribution in [-0.2, 0) is 4.79 Å². The van der Waals surface area contributed by atoms with Crippen molar-refractivity contribution in [2.45, 2.75) is 13.0 Å². The highest BCUT2D eigenvalue weighted by molar-refractivity contribution is 7.80. The Morgan fingerprint density at radius 3 is 2.16 bits per heavy atom. The van der Waals surface area contributed by atoms with Crippen LogP contribution < -0.4 is 34.9 Å². The number of hydrogen-bond acceptors (Lipinski definition) is 6. The van der Waals surface area contributed by atoms with Gasteiger partial charge in [0, 0.05) is 5.70 Å². The molecule has 0 bridgehead atoms. The van der Waals surface area contributed by atoms with E-state index in [0.29, 0.717) is 45.1 Å². The third kappa shape index (κ3) is 4.51. The molecule has 1 aliphatic heterocycles. The number of carbonyl (C=O) groups excluding carboxylic acids is 1. The summed E-state index contributed by atoms with van der Waals surface area (Å²) in [6.45, 7) is 1.80. The van der Waals surface area contributed by atoms with E-state index in [9.17, 15) is 4.79 Å². The van der Waals surface area contributed by atoms with Gasteiger partial charge in [0.2, 0.25) is 5.75 Å². The molecule has 2 aromatic rings. The monoisotopic (exact) mass is 443 g/mol. The van der Waals surface area contributed by atoms with E-state index in [4.69, 9.17) is 31.2 Å². The Bertz CT molecular complexity index is 1010. The minimum Gasteiger partial charge on any atom is -0.495 e. The molecule has 1 amide bonds. The fourth-order valence-corrected chi connectivity index (χ4v) is 3.72. The summed E-state index contributed by atoms with van der Waals surface area (Å²) in [5.74, 6) is 1.68. The first-order valence-corrected chi connectivity index (χ1v) is 9.86. The lowest BCUT2D eigenvalue weighted by Gasteiger charge is -2.31. The van der Waals surface area contributed by atoms with Crippen molar-refractivity contribution in [3.8, 4) is 23.0 Å². The summed E-state index contributed by atoms with van der Waals surface area (Å²) in [7, 11) is 6.17. The number of nitrogens with one attached hydrogen (secondary N) is 3. The number of thiocarbonyl (C=S) groups is 1. The van der Waals surface area contributed by atoms with Gasteiger partial charge in [0.25, 0.3) is 5.91 Å². The quantitative estimate of drug-likeness (QED) is 0.563. The Labute approximate surface area is 186 Å². The first-order chi connectivity index (χ1) is 14.9. The molecule has 3 N–H and O–H groups in total. The maximum Gasteiger partial charge on any atom is 0.255 e. The summed E-state index contributed by atoms with van der Waals surface area (Å²) in [4.78, 5) is 13.3. The second-order valence-electron chi connectivity index (χ2n) is 6.68. The van der Waals surface area contributed by atoms with Gasteiger partial charge in [0.1, 0.15) is 5.75 Å². The Kier molecular flexibility index (Phi) is 6.86. The maximum absolute atomic E-state index is 13.3. The minimum absolute atomic E-state index is 0.303. The molecule has 2 aromatic carbocycles. The van der Waals surface area contributed by atoms with E-state index >= 15 is 0 Å². The SMILES string of the molecule is COc1ccccc1NC(=O)C1=C(C)NC(=S)N[C@H]1c1cc(OC)c(OC)c(OC)c1. The van der Waals surface area contributed by atoms with Gasteiger partial charge in [-0.15, -0.1) is 0 Å². The van der Waals surface area contributed by atoms with Gasteiger partial charge in [-0.3, -0.25) is 4.79 Å². The number of para-hydroxylation sites is 2. The van der Waals surface area contributed by atoms with E-state index in [1.165, 1.54) is 21.3 Å². The number of benzene rings is 2. The smallest absolute Gasteiger partial charge is 0.255 e. The van der Waals surface area contributed by atoms with Gasteiger partial charge in [-0.25, -0.2) is 0 Å². The molecular weight excluding hydrogens is 418 g/mol. The topological polar surface area (TPSA) is 90.1 Å². The zero-order chi connectivity index (χ0) is 22.5. The Morgan fingerprint density at radius 1 is 0.968 bits per heavy atom. The maximum atomic E-state index is 13.3. The van der Waals surface area contributed by atoms with Crippen LogP contribution >= 0.6 is 12.2 Å². The van der Waals surface area contributed by atoms with Gasteiger partial charge < -0.3 is 34.9 Å². The zero-order valence-corrected chi connectivity index (χ0v) is 18.8. The molecule has 0 unspecified atom stereocenters. The van der Waals surface area contributed by atoms with Crippen molar-refractivity contribution < 1.29 is 23.7 Å². The summed E-state index contributed by atoms with van der Waals surface area (Å²) >= 11 is 5.34. The van der Waals surface area contributed by atoms with Crippen LogP contribution in [0.4, 0.5) is 5.69 Å². The van der Waals surface area contributed by atoms with Gasteiger partial charge >= 0.3 is 0 Å². The highest BCUT2D eigenvalue weighted by atomic mass is 32.1. The number of hydrogen-bond donors (Lipinski definition) is 3. The first-order valence-electron chi connectivity index (χ1n) is 9.46. The number of rotatable bonds is 7. The van der Waals surface area contributed by atoms with Crippen molar-refractivity contribution in [2.75, 3.05) is 33.8 Å². The van der Waals surface area contributed by atoms with Crippen molar-refractivity contribution in [1.29, 1.82) is 0 Å². The van der Waals surface area contributed by atoms with Crippen LogP contribution in [0, 0.1) is 0 Å². The molecule has 0 saturated carbocycles. The molecule has 0 radical (unpaired) electrons. The number of anilines is 1. The number of methoxy groups -OCH3 is 4. The lowest BCUT2D eigenvalue weighted by molar-refractivity contribution is -0.113. The summed E-state index contributed by atoms with van der Waals surface area (Å²) in [5, 5.41) is 9.52. The average Bonchev–Trinajstić information content (AvgIpc) is 2.77. The number of ether oxygens (including phenoxy) is 4. The van der Waals surface area contributed by atoms with Crippen LogP contribution in [0.15, 0.2) is 47.7 Å². The molecule has 9 heteroatoms. The van der Waals surface area contributed by atoms with Gasteiger partial charge in [-0.1, -0.05) is 12.1 Å². The molecule has 0 fully saturated rings. The predicted octanol–water partition coefficient (Wildman–Crippen LogP) is 3.15. The molecule has 31 heavy (non-hydrogen) atoms. The predicted molar refractivity (Wildman–Crippen MR) is 122 cm³/mol. The molecule has 0 aromatic heterocycles. The lowest BCUT2D eigenvalue weighted by Crippen LogP contribution is -2.45. The van der Waals surface area contributed by atoms with Crippen molar-refractivity contribution in [3.63, 3.8) is 0 Å². The average molecular weight is 444 g/mol. The number of carbonyl (C=O) groups is 1. The third-order valence-electron chi connectivity index (χ3n) is 4.89. The highest BCUT2D eigenvalue weighted by Gasteiger charge is 2.32. The van der Waals surface area contributed by atoms with E-state index in [-0.39, 0.29) is 5.91 Å². The summed E-state index contributed by atoms with van der Waals surface area (Å²) < 4.78 is 21.7. The summed E-state index contributed by atoms with van der Waals surface area (Å²) in [5.41, 5.74) is 2.39. The normalized spacial score (nSPS) is 15.5. The third-order valence-corrected chi connectivity index (χ3v) is 5.11. The standard InChI is InChI=1S/C22H25N3O5S/c1-12-18(21(26)24-14-8-6-7-9-15(14)27-2)19(25-22(31)23-12)13-10-16(28-3)20(30-5)17(11-13)29-4/h6-11,19H,1-5H3,(H,24,26)(H2,23,25,31)/t19-/m0/s1. The molecule has 0 spiro atoms. The Hall–Kier alpha value is -3.46. The largest absolute Gasteiger partial charge is 0.495 e. The second-order valence-corrected chi connectivity index (χ2v) is 7.09. The molecule has 1 atom stereocenters. The van der Waals surface area contributed by atoms with Crippen molar-refractivity contribution in [3.05, 3.63) is 53.2 Å². The van der Waals surface area contributed by atoms with Gasteiger partial charge in [0.15, 0.2) is 16.6 Å². The summed E-state index contributed by atoms with van der Waals surface area (Å²) in [6.07, 6.45) is 0. The van der Waals surface area contributed by atoms with E-state index in [2.05, 4.69) is 16.0 Å². The van der Waals surface area contributed by atoms with Crippen LogP contribution in [0.2, 0.25) is 0 Å². The van der Waals surface area contributed by atoms with Crippen molar-refractivity contribution >= 4 is 28.9 Å². The van der Waals surface area contributed by atoms with Gasteiger partial charge in [0.05, 0.1) is 45.7 Å². The number of allylic oxidation sites excluding steroid dienone is 1.